The molecule has 46 heavy (non-hydrogen) atoms. The van der Waals surface area contributed by atoms with E-state index in [0.29, 0.717) is 27.7 Å². The van der Waals surface area contributed by atoms with Crippen molar-refractivity contribution in [2.75, 3.05) is 0 Å². The third kappa shape index (κ3) is 7.34. The van der Waals surface area contributed by atoms with Crippen LogP contribution >= 0.6 is 0 Å². The highest BCUT2D eigenvalue weighted by Crippen LogP contribution is 2.26. The van der Waals surface area contributed by atoms with Gasteiger partial charge in [0.05, 0.1) is 5.52 Å². The molecule has 0 bridgehead atoms. The van der Waals surface area contributed by atoms with E-state index in [2.05, 4.69) is 27.5 Å². The molecule has 0 aliphatic carbocycles. The van der Waals surface area contributed by atoms with E-state index in [-0.39, 0.29) is 31.4 Å². The summed E-state index contributed by atoms with van der Waals surface area (Å²) in [5.74, 6) is 5.23. The van der Waals surface area contributed by atoms with Crippen LogP contribution in [0.3, 0.4) is 0 Å². The number of rotatable bonds is 9. The first kappa shape index (κ1) is 30.0. The Morgan fingerprint density at radius 1 is 0.761 bits per heavy atom. The van der Waals surface area contributed by atoms with Crippen molar-refractivity contribution in [3.63, 3.8) is 0 Å². The SMILES string of the molecule is O=C(NCc1ccccc1)[C@H](c1cccc(C#Cc2ccccc2)c1)N(Cc1ccc(F)cc1)C(=O)Cn1nnc2ccccc21. The Morgan fingerprint density at radius 3 is 2.22 bits per heavy atom. The zero-order valence-corrected chi connectivity index (χ0v) is 24.9. The summed E-state index contributed by atoms with van der Waals surface area (Å²) < 4.78 is 15.4. The summed E-state index contributed by atoms with van der Waals surface area (Å²) in [7, 11) is 0. The topological polar surface area (TPSA) is 80.1 Å². The van der Waals surface area contributed by atoms with Crippen molar-refractivity contribution < 1.29 is 14.0 Å². The molecule has 0 radical (unpaired) electrons. The molecule has 226 valence electrons. The van der Waals surface area contributed by atoms with E-state index < -0.39 is 11.9 Å². The fourth-order valence-corrected chi connectivity index (χ4v) is 5.17. The fourth-order valence-electron chi connectivity index (χ4n) is 5.17. The Kier molecular flexibility index (Phi) is 9.22. The molecule has 0 spiro atoms. The normalized spacial score (nSPS) is 11.3. The van der Waals surface area contributed by atoms with E-state index in [1.54, 1.807) is 12.1 Å². The number of carbonyl (C=O) groups is 2. The predicted molar refractivity (Wildman–Crippen MR) is 174 cm³/mol. The zero-order chi connectivity index (χ0) is 31.7. The second-order valence-electron chi connectivity index (χ2n) is 10.7. The number of halogens is 1. The Labute approximate surface area is 266 Å². The van der Waals surface area contributed by atoms with Crippen molar-refractivity contribution in [2.24, 2.45) is 0 Å². The van der Waals surface area contributed by atoms with Gasteiger partial charge in [-0.1, -0.05) is 102 Å². The molecule has 0 fully saturated rings. The lowest BCUT2D eigenvalue weighted by atomic mass is 10.00. The molecule has 8 heteroatoms. The molecule has 2 amide bonds. The van der Waals surface area contributed by atoms with Crippen LogP contribution in [-0.4, -0.2) is 31.7 Å². The molecule has 1 N–H and O–H groups in total. The molecule has 1 heterocycles. The lowest BCUT2D eigenvalue weighted by Gasteiger charge is -2.32. The Hall–Kier alpha value is -6.07. The highest BCUT2D eigenvalue weighted by molar-refractivity contribution is 5.89. The second kappa shape index (κ2) is 14.1. The molecule has 1 aromatic heterocycles. The maximum Gasteiger partial charge on any atom is 0.247 e. The van der Waals surface area contributed by atoms with Gasteiger partial charge >= 0.3 is 0 Å². The summed E-state index contributed by atoms with van der Waals surface area (Å²) in [4.78, 5) is 30.0. The largest absolute Gasteiger partial charge is 0.350 e. The van der Waals surface area contributed by atoms with Gasteiger partial charge in [0.15, 0.2) is 0 Å². The van der Waals surface area contributed by atoms with E-state index >= 15 is 0 Å². The lowest BCUT2D eigenvalue weighted by molar-refractivity contribution is -0.142. The van der Waals surface area contributed by atoms with Crippen LogP contribution in [0.5, 0.6) is 0 Å². The van der Waals surface area contributed by atoms with E-state index in [1.807, 2.05) is 109 Å². The molecule has 5 aromatic carbocycles. The number of para-hydroxylation sites is 1. The fraction of sp³-hybridized carbons (Fsp3) is 0.105. The van der Waals surface area contributed by atoms with Gasteiger partial charge in [-0.05, 0) is 65.2 Å². The number of nitrogens with zero attached hydrogens (tertiary/aromatic N) is 4. The number of aromatic nitrogens is 3. The maximum atomic E-state index is 14.3. The summed E-state index contributed by atoms with van der Waals surface area (Å²) in [6.45, 7) is 0.169. The lowest BCUT2D eigenvalue weighted by Crippen LogP contribution is -2.44. The number of hydrogen-bond acceptors (Lipinski definition) is 4. The smallest absolute Gasteiger partial charge is 0.247 e. The summed E-state index contributed by atoms with van der Waals surface area (Å²) in [5.41, 5.74) is 5.07. The molecule has 6 aromatic rings. The van der Waals surface area contributed by atoms with Gasteiger partial charge in [0.1, 0.15) is 23.9 Å². The summed E-state index contributed by atoms with van der Waals surface area (Å²) >= 11 is 0. The highest BCUT2D eigenvalue weighted by atomic mass is 19.1. The van der Waals surface area contributed by atoms with Crippen LogP contribution in [0.1, 0.15) is 33.9 Å². The first-order valence-corrected chi connectivity index (χ1v) is 14.8. The Balaban J connectivity index is 1.39. The molecule has 0 aliphatic rings. The molecule has 6 rings (SSSR count). The minimum Gasteiger partial charge on any atom is -0.350 e. The number of carbonyl (C=O) groups excluding carboxylic acids is 2. The molecule has 0 aliphatic heterocycles. The van der Waals surface area contributed by atoms with Gasteiger partial charge in [0, 0.05) is 24.2 Å². The van der Waals surface area contributed by atoms with Crippen LogP contribution in [0.15, 0.2) is 133 Å². The second-order valence-corrected chi connectivity index (χ2v) is 10.7. The predicted octanol–water partition coefficient (Wildman–Crippen LogP) is 6.06. The summed E-state index contributed by atoms with van der Waals surface area (Å²) in [6.07, 6.45) is 0. The van der Waals surface area contributed by atoms with Gasteiger partial charge in [0.2, 0.25) is 11.8 Å². The molecular formula is C38H30FN5O2. The van der Waals surface area contributed by atoms with Gasteiger partial charge in [-0.3, -0.25) is 9.59 Å². The first-order valence-electron chi connectivity index (χ1n) is 14.8. The van der Waals surface area contributed by atoms with Gasteiger partial charge < -0.3 is 10.2 Å². The van der Waals surface area contributed by atoms with E-state index in [1.165, 1.54) is 21.7 Å². The van der Waals surface area contributed by atoms with E-state index in [4.69, 9.17) is 0 Å². The third-order valence-corrected chi connectivity index (χ3v) is 7.49. The number of benzene rings is 5. The number of hydrogen-bond donors (Lipinski definition) is 1. The first-order chi connectivity index (χ1) is 22.5. The quantitative estimate of drug-likeness (QED) is 0.203. The van der Waals surface area contributed by atoms with Crippen molar-refractivity contribution in [1.29, 1.82) is 0 Å². The van der Waals surface area contributed by atoms with Crippen molar-refractivity contribution >= 4 is 22.8 Å². The minimum atomic E-state index is -1.03. The number of fused-ring (bicyclic) bond motifs is 1. The van der Waals surface area contributed by atoms with Gasteiger partial charge in [-0.25, -0.2) is 9.07 Å². The van der Waals surface area contributed by atoms with E-state index in [9.17, 15) is 14.0 Å². The van der Waals surface area contributed by atoms with Crippen LogP contribution in [0, 0.1) is 17.7 Å². The average Bonchev–Trinajstić information content (AvgIpc) is 3.50. The molecule has 0 saturated heterocycles. The van der Waals surface area contributed by atoms with Crippen LogP contribution in [0.25, 0.3) is 11.0 Å². The Bertz CT molecular complexity index is 2020. The minimum absolute atomic E-state index is 0.0507. The molecule has 0 unspecified atom stereocenters. The summed E-state index contributed by atoms with van der Waals surface area (Å²) in [6, 6.07) is 38.8. The van der Waals surface area contributed by atoms with Crippen molar-refractivity contribution in [2.45, 2.75) is 25.7 Å². The summed E-state index contributed by atoms with van der Waals surface area (Å²) in [5, 5.41) is 11.4. The molecule has 7 nitrogen and oxygen atoms in total. The highest BCUT2D eigenvalue weighted by Gasteiger charge is 2.32. The van der Waals surface area contributed by atoms with Crippen molar-refractivity contribution in [3.05, 3.63) is 167 Å². The zero-order valence-electron chi connectivity index (χ0n) is 24.9. The molecule has 1 atom stereocenters. The maximum absolute atomic E-state index is 14.3. The van der Waals surface area contributed by atoms with Crippen LogP contribution in [-0.2, 0) is 29.2 Å². The number of nitrogens with one attached hydrogen (secondary N) is 1. The standard InChI is InChI=1S/C38H30FN5O2/c39-33-22-20-31(21-23-33)26-43(36(45)27-44-35-17-8-7-16-34(35)41-42-44)37(38(46)40-25-30-12-5-2-6-13-30)32-15-9-14-29(24-32)19-18-28-10-3-1-4-11-28/h1-17,20-24,37H,25-27H2,(H,40,46)/t37-/m0/s1. The number of amides is 2. The average molecular weight is 608 g/mol. The Morgan fingerprint density at radius 2 is 1.43 bits per heavy atom. The van der Waals surface area contributed by atoms with Gasteiger partial charge in [0.25, 0.3) is 0 Å². The van der Waals surface area contributed by atoms with Crippen molar-refractivity contribution in [3.8, 4) is 11.8 Å². The van der Waals surface area contributed by atoms with Crippen LogP contribution in [0.2, 0.25) is 0 Å². The monoisotopic (exact) mass is 607 g/mol. The van der Waals surface area contributed by atoms with E-state index in [0.717, 1.165) is 11.1 Å². The molecular weight excluding hydrogens is 577 g/mol. The van der Waals surface area contributed by atoms with Crippen LogP contribution in [0.4, 0.5) is 4.39 Å². The van der Waals surface area contributed by atoms with Crippen molar-refractivity contribution in [1.82, 2.24) is 25.2 Å². The third-order valence-electron chi connectivity index (χ3n) is 7.49. The van der Waals surface area contributed by atoms with Gasteiger partial charge in [-0.15, -0.1) is 5.10 Å². The molecule has 0 saturated carbocycles. The van der Waals surface area contributed by atoms with Gasteiger partial charge in [-0.2, -0.15) is 0 Å². The van der Waals surface area contributed by atoms with Crippen LogP contribution < -0.4 is 5.32 Å².